The SMILES string of the molecule is CCOC(=O)C1=C(C)N=c2[nH]/c(=C\c3ccc(-c4cccc(C(=O)O)c4)o3)c(=O)n2C1c1ccc(C)cc1. The second kappa shape index (κ2) is 9.85. The number of aromatic carboxylic acids is 1. The summed E-state index contributed by atoms with van der Waals surface area (Å²) in [6.45, 7) is 5.60. The monoisotopic (exact) mass is 511 g/mol. The molecule has 4 aromatic rings. The predicted octanol–water partition coefficient (Wildman–Crippen LogP) is 3.33. The fraction of sp³-hybridized carbons (Fsp3) is 0.172. The molecule has 0 spiro atoms. The van der Waals surface area contributed by atoms with E-state index >= 15 is 0 Å². The van der Waals surface area contributed by atoms with Crippen LogP contribution in [0, 0.1) is 6.92 Å². The number of aromatic nitrogens is 2. The molecule has 0 fully saturated rings. The van der Waals surface area contributed by atoms with Crippen LogP contribution in [-0.2, 0) is 9.53 Å². The molecular formula is C29H25N3O6. The van der Waals surface area contributed by atoms with Crippen LogP contribution in [0.3, 0.4) is 0 Å². The third-order valence-corrected chi connectivity index (χ3v) is 6.31. The number of esters is 1. The van der Waals surface area contributed by atoms with Crippen LogP contribution in [0.4, 0.5) is 0 Å². The average Bonchev–Trinajstić information content (AvgIpc) is 3.48. The molecule has 0 bridgehead atoms. The van der Waals surface area contributed by atoms with Gasteiger partial charge >= 0.3 is 11.9 Å². The lowest BCUT2D eigenvalue weighted by atomic mass is 9.95. The van der Waals surface area contributed by atoms with Crippen molar-refractivity contribution in [2.45, 2.75) is 26.8 Å². The van der Waals surface area contributed by atoms with Crippen LogP contribution in [0.25, 0.3) is 17.4 Å². The Morgan fingerprint density at radius 3 is 2.61 bits per heavy atom. The maximum atomic E-state index is 13.7. The molecule has 2 aromatic heterocycles. The first-order chi connectivity index (χ1) is 18.3. The highest BCUT2D eigenvalue weighted by Gasteiger charge is 2.33. The van der Waals surface area contributed by atoms with E-state index in [2.05, 4.69) is 9.98 Å². The van der Waals surface area contributed by atoms with Gasteiger partial charge in [-0.2, -0.15) is 0 Å². The number of benzene rings is 2. The van der Waals surface area contributed by atoms with Gasteiger partial charge in [-0.25, -0.2) is 14.6 Å². The number of hydrogen-bond donors (Lipinski definition) is 2. The third-order valence-electron chi connectivity index (χ3n) is 6.31. The van der Waals surface area contributed by atoms with Gasteiger partial charge in [-0.1, -0.05) is 42.0 Å². The van der Waals surface area contributed by atoms with E-state index in [9.17, 15) is 19.5 Å². The molecular weight excluding hydrogens is 486 g/mol. The smallest absolute Gasteiger partial charge is 0.338 e. The van der Waals surface area contributed by atoms with Gasteiger partial charge in [0.15, 0.2) is 0 Å². The maximum Gasteiger partial charge on any atom is 0.338 e. The number of hydrogen-bond acceptors (Lipinski definition) is 6. The molecule has 1 unspecified atom stereocenters. The van der Waals surface area contributed by atoms with Crippen molar-refractivity contribution in [1.82, 2.24) is 9.55 Å². The molecule has 5 rings (SSSR count). The summed E-state index contributed by atoms with van der Waals surface area (Å²) in [6.07, 6.45) is 1.55. The summed E-state index contributed by atoms with van der Waals surface area (Å²) in [6, 6.07) is 16.7. The average molecular weight is 512 g/mol. The van der Waals surface area contributed by atoms with Gasteiger partial charge in [-0.15, -0.1) is 0 Å². The Labute approximate surface area is 217 Å². The van der Waals surface area contributed by atoms with Crippen molar-refractivity contribution in [3.05, 3.63) is 116 Å². The van der Waals surface area contributed by atoms with Gasteiger partial charge in [0.05, 0.1) is 29.5 Å². The number of carboxylic acid groups (broad SMARTS) is 1. The first-order valence-corrected chi connectivity index (χ1v) is 12.1. The zero-order chi connectivity index (χ0) is 27.0. The third kappa shape index (κ3) is 4.50. The summed E-state index contributed by atoms with van der Waals surface area (Å²) in [5.74, 6) is -0.713. The van der Waals surface area contributed by atoms with Gasteiger partial charge in [-0.05, 0) is 50.6 Å². The van der Waals surface area contributed by atoms with Crippen LogP contribution < -0.4 is 16.5 Å². The Morgan fingerprint density at radius 1 is 1.13 bits per heavy atom. The molecule has 1 atom stereocenters. The second-order valence-electron chi connectivity index (χ2n) is 8.91. The molecule has 9 heteroatoms. The van der Waals surface area contributed by atoms with Crippen molar-refractivity contribution in [2.24, 2.45) is 4.99 Å². The lowest BCUT2D eigenvalue weighted by molar-refractivity contribution is -0.139. The number of nitrogens with one attached hydrogen (secondary N) is 1. The summed E-state index contributed by atoms with van der Waals surface area (Å²) in [4.78, 5) is 45.5. The summed E-state index contributed by atoms with van der Waals surface area (Å²) in [7, 11) is 0. The molecule has 0 saturated heterocycles. The molecule has 0 radical (unpaired) electrons. The van der Waals surface area contributed by atoms with Crippen LogP contribution in [-0.4, -0.2) is 33.2 Å². The van der Waals surface area contributed by atoms with Gasteiger partial charge in [0, 0.05) is 11.6 Å². The van der Waals surface area contributed by atoms with Crippen molar-refractivity contribution in [2.75, 3.05) is 6.61 Å². The number of rotatable bonds is 6. The van der Waals surface area contributed by atoms with E-state index < -0.39 is 18.0 Å². The Kier molecular flexibility index (Phi) is 6.42. The van der Waals surface area contributed by atoms with Crippen LogP contribution in [0.2, 0.25) is 0 Å². The van der Waals surface area contributed by atoms with Crippen molar-refractivity contribution in [3.63, 3.8) is 0 Å². The van der Waals surface area contributed by atoms with E-state index in [0.717, 1.165) is 11.1 Å². The van der Waals surface area contributed by atoms with E-state index in [1.165, 1.54) is 16.7 Å². The van der Waals surface area contributed by atoms with Crippen LogP contribution >= 0.6 is 0 Å². The predicted molar refractivity (Wildman–Crippen MR) is 139 cm³/mol. The molecule has 0 aliphatic carbocycles. The van der Waals surface area contributed by atoms with E-state index in [1.807, 2.05) is 31.2 Å². The topological polar surface area (TPSA) is 127 Å². The number of carbonyl (C=O) groups excluding carboxylic acids is 1. The minimum absolute atomic E-state index is 0.142. The number of fused-ring (bicyclic) bond motifs is 1. The largest absolute Gasteiger partial charge is 0.478 e. The number of aryl methyl sites for hydroxylation is 1. The number of aromatic amines is 1. The Bertz CT molecular complexity index is 1770. The maximum absolute atomic E-state index is 13.7. The lowest BCUT2D eigenvalue weighted by Crippen LogP contribution is -2.40. The van der Waals surface area contributed by atoms with Gasteiger partial charge in [0.1, 0.15) is 16.9 Å². The van der Waals surface area contributed by atoms with Crippen LogP contribution in [0.1, 0.15) is 47.1 Å². The van der Waals surface area contributed by atoms with Crippen molar-refractivity contribution < 1.29 is 23.8 Å². The molecule has 0 saturated carbocycles. The molecule has 9 nitrogen and oxygen atoms in total. The number of H-pyrrole nitrogens is 1. The van der Waals surface area contributed by atoms with Crippen LogP contribution in [0.15, 0.2) is 86.1 Å². The molecule has 1 aliphatic heterocycles. The molecule has 0 amide bonds. The minimum atomic E-state index is -1.03. The van der Waals surface area contributed by atoms with Gasteiger partial charge < -0.3 is 19.2 Å². The molecule has 1 aliphatic rings. The summed E-state index contributed by atoms with van der Waals surface area (Å²) < 4.78 is 12.7. The Balaban J connectivity index is 1.61. The second-order valence-corrected chi connectivity index (χ2v) is 8.91. The Morgan fingerprint density at radius 2 is 1.89 bits per heavy atom. The Hall–Kier alpha value is -4.92. The van der Waals surface area contributed by atoms with E-state index in [4.69, 9.17) is 9.15 Å². The van der Waals surface area contributed by atoms with E-state index in [0.29, 0.717) is 34.0 Å². The first kappa shape index (κ1) is 24.8. The zero-order valence-corrected chi connectivity index (χ0v) is 21.0. The van der Waals surface area contributed by atoms with Gasteiger partial charge in [0.2, 0.25) is 5.62 Å². The molecule has 2 aromatic carbocycles. The lowest BCUT2D eigenvalue weighted by Gasteiger charge is -2.24. The molecule has 2 N–H and O–H groups in total. The highest BCUT2D eigenvalue weighted by atomic mass is 16.5. The fourth-order valence-electron chi connectivity index (χ4n) is 4.49. The summed E-state index contributed by atoms with van der Waals surface area (Å²) in [5.41, 5.74) is 3.22. The minimum Gasteiger partial charge on any atom is -0.478 e. The number of carbonyl (C=O) groups is 2. The highest BCUT2D eigenvalue weighted by molar-refractivity contribution is 5.91. The quantitative estimate of drug-likeness (QED) is 0.383. The fourth-order valence-corrected chi connectivity index (χ4v) is 4.49. The summed E-state index contributed by atoms with van der Waals surface area (Å²) >= 11 is 0. The molecule has 38 heavy (non-hydrogen) atoms. The number of furan rings is 1. The van der Waals surface area contributed by atoms with Gasteiger partial charge in [0.25, 0.3) is 5.56 Å². The van der Waals surface area contributed by atoms with Crippen molar-refractivity contribution >= 4 is 18.0 Å². The first-order valence-electron chi connectivity index (χ1n) is 12.1. The molecule has 3 heterocycles. The highest BCUT2D eigenvalue weighted by Crippen LogP contribution is 2.30. The molecule has 192 valence electrons. The van der Waals surface area contributed by atoms with Gasteiger partial charge in [-0.3, -0.25) is 9.36 Å². The zero-order valence-electron chi connectivity index (χ0n) is 21.0. The normalized spacial score (nSPS) is 15.2. The van der Waals surface area contributed by atoms with E-state index in [1.54, 1.807) is 44.2 Å². The number of ether oxygens (including phenoxy) is 1. The summed E-state index contributed by atoms with van der Waals surface area (Å²) in [5, 5.41) is 9.49. The van der Waals surface area contributed by atoms with E-state index in [-0.39, 0.29) is 23.1 Å². The number of nitrogens with zero attached hydrogens (tertiary/aromatic N) is 2. The van der Waals surface area contributed by atoms with Crippen molar-refractivity contribution in [1.29, 1.82) is 0 Å². The number of imidazole rings is 1. The standard InChI is InChI=1S/C29H25N3O6/c1-4-37-28(36)24-17(3)30-29-31-22(26(33)32(29)25(24)18-10-8-16(2)9-11-18)15-21-12-13-23(38-21)19-6-5-7-20(14-19)27(34)35/h5-15,25H,4H2,1-3H3,(H,30,31)(H,34,35)/b22-15-. The number of allylic oxidation sites excluding steroid dienone is 1. The van der Waals surface area contributed by atoms with Crippen LogP contribution in [0.5, 0.6) is 0 Å². The van der Waals surface area contributed by atoms with Crippen molar-refractivity contribution in [3.8, 4) is 11.3 Å². The number of carboxylic acids is 1.